The van der Waals surface area contributed by atoms with Crippen molar-refractivity contribution in [3.63, 3.8) is 0 Å². The Morgan fingerprint density at radius 2 is 1.90 bits per heavy atom. The van der Waals surface area contributed by atoms with Crippen molar-refractivity contribution in [2.75, 3.05) is 13.1 Å². The molecule has 1 aliphatic rings. The first kappa shape index (κ1) is 21.3. The summed E-state index contributed by atoms with van der Waals surface area (Å²) < 4.78 is 13.3. The van der Waals surface area contributed by atoms with Gasteiger partial charge in [0.25, 0.3) is 5.91 Å². The van der Waals surface area contributed by atoms with Crippen LogP contribution in [0.2, 0.25) is 10.0 Å². The number of benzene rings is 2. The van der Waals surface area contributed by atoms with Crippen molar-refractivity contribution >= 4 is 40.8 Å². The smallest absolute Gasteiger partial charge is 0.291 e. The lowest BCUT2D eigenvalue weighted by molar-refractivity contribution is -0.142. The van der Waals surface area contributed by atoms with Gasteiger partial charge in [-0.2, -0.15) is 0 Å². The summed E-state index contributed by atoms with van der Waals surface area (Å²) in [6, 6.07) is 11.1. The average molecular weight is 437 g/mol. The lowest BCUT2D eigenvalue weighted by atomic mass is 10.1. The zero-order chi connectivity index (χ0) is 21.0. The molecule has 2 aromatic rings. The van der Waals surface area contributed by atoms with Gasteiger partial charge in [-0.3, -0.25) is 14.4 Å². The van der Waals surface area contributed by atoms with Crippen LogP contribution < -0.4 is 5.32 Å². The number of rotatable bonds is 7. The lowest BCUT2D eigenvalue weighted by Gasteiger charge is -2.15. The fourth-order valence-corrected chi connectivity index (χ4v) is 3.53. The zero-order valence-electron chi connectivity index (χ0n) is 15.5. The van der Waals surface area contributed by atoms with E-state index < -0.39 is 29.3 Å². The van der Waals surface area contributed by atoms with Gasteiger partial charge in [0.05, 0.1) is 10.0 Å². The van der Waals surface area contributed by atoms with Gasteiger partial charge in [-0.15, -0.1) is 0 Å². The van der Waals surface area contributed by atoms with Gasteiger partial charge in [0.2, 0.25) is 11.7 Å². The van der Waals surface area contributed by atoms with Crippen molar-refractivity contribution in [2.45, 2.75) is 19.4 Å². The fraction of sp³-hybridized carbons (Fsp3) is 0.286. The summed E-state index contributed by atoms with van der Waals surface area (Å²) in [6.07, 6.45) is 1.33. The van der Waals surface area contributed by atoms with Crippen LogP contribution in [-0.2, 0) is 27.3 Å². The van der Waals surface area contributed by atoms with Crippen LogP contribution in [0.3, 0.4) is 0 Å². The van der Waals surface area contributed by atoms with Crippen LogP contribution in [-0.4, -0.2) is 35.6 Å². The minimum Gasteiger partial charge on any atom is -0.355 e. The Bertz CT molecular complexity index is 951. The quantitative estimate of drug-likeness (QED) is 0.410. The molecule has 0 saturated carbocycles. The van der Waals surface area contributed by atoms with Gasteiger partial charge in [-0.1, -0.05) is 41.4 Å². The second kappa shape index (κ2) is 9.37. The summed E-state index contributed by atoms with van der Waals surface area (Å²) in [5.74, 6) is -3.38. The highest BCUT2D eigenvalue weighted by Crippen LogP contribution is 2.23. The normalized spacial score (nSPS) is 16.4. The second-order valence-electron chi connectivity index (χ2n) is 6.88. The van der Waals surface area contributed by atoms with E-state index in [-0.39, 0.29) is 13.1 Å². The van der Waals surface area contributed by atoms with Crippen molar-refractivity contribution in [1.82, 2.24) is 10.2 Å². The van der Waals surface area contributed by atoms with E-state index in [0.29, 0.717) is 35.0 Å². The predicted molar refractivity (Wildman–Crippen MR) is 108 cm³/mol. The molecular formula is C21H19Cl2FN2O3. The number of ketones is 1. The number of Topliss-reactive ketones (excluding diaryl/α,β-unsaturated/α-hetero) is 1. The van der Waals surface area contributed by atoms with E-state index in [1.54, 1.807) is 18.2 Å². The second-order valence-corrected chi connectivity index (χ2v) is 7.69. The van der Waals surface area contributed by atoms with E-state index in [1.165, 1.54) is 23.1 Å². The number of aryl methyl sites for hydroxylation is 1. The van der Waals surface area contributed by atoms with Crippen LogP contribution in [0.5, 0.6) is 0 Å². The molecule has 1 N–H and O–H groups in total. The van der Waals surface area contributed by atoms with E-state index in [2.05, 4.69) is 5.32 Å². The first-order valence-electron chi connectivity index (χ1n) is 9.14. The third-order valence-corrected chi connectivity index (χ3v) is 5.46. The van der Waals surface area contributed by atoms with Crippen molar-refractivity contribution in [2.24, 2.45) is 5.92 Å². The summed E-state index contributed by atoms with van der Waals surface area (Å²) in [7, 11) is 0. The lowest BCUT2D eigenvalue weighted by Crippen LogP contribution is -2.36. The number of amides is 2. The number of nitrogens with zero attached hydrogens (tertiary/aromatic N) is 1. The number of hydrogen-bond acceptors (Lipinski definition) is 3. The largest absolute Gasteiger partial charge is 0.355 e. The van der Waals surface area contributed by atoms with Crippen molar-refractivity contribution in [1.29, 1.82) is 0 Å². The SMILES string of the molecule is O=C(NCCCc1ccc(Cl)c(Cl)c1)C1CN(Cc2cccc(F)c2)C(=O)C1=O. The molecule has 8 heteroatoms. The van der Waals surface area contributed by atoms with E-state index in [9.17, 15) is 18.8 Å². The van der Waals surface area contributed by atoms with Gasteiger partial charge < -0.3 is 10.2 Å². The van der Waals surface area contributed by atoms with Crippen molar-refractivity contribution < 1.29 is 18.8 Å². The van der Waals surface area contributed by atoms with E-state index in [1.807, 2.05) is 6.07 Å². The van der Waals surface area contributed by atoms with E-state index in [0.717, 1.165) is 5.56 Å². The number of carbonyl (C=O) groups excluding carboxylic acids is 3. The summed E-state index contributed by atoms with van der Waals surface area (Å²) in [4.78, 5) is 38.0. The van der Waals surface area contributed by atoms with Crippen LogP contribution in [0, 0.1) is 11.7 Å². The Hall–Kier alpha value is -2.44. The van der Waals surface area contributed by atoms with Crippen LogP contribution in [0.4, 0.5) is 4.39 Å². The summed E-state index contributed by atoms with van der Waals surface area (Å²) in [5.41, 5.74) is 1.55. The first-order valence-corrected chi connectivity index (χ1v) is 9.90. The monoisotopic (exact) mass is 436 g/mol. The minimum atomic E-state index is -1.04. The Balaban J connectivity index is 1.49. The van der Waals surface area contributed by atoms with E-state index in [4.69, 9.17) is 23.2 Å². The Morgan fingerprint density at radius 1 is 1.10 bits per heavy atom. The molecule has 1 fully saturated rings. The Kier molecular flexibility index (Phi) is 6.87. The molecule has 0 radical (unpaired) electrons. The van der Waals surface area contributed by atoms with Crippen LogP contribution >= 0.6 is 23.2 Å². The third kappa shape index (κ3) is 5.34. The average Bonchev–Trinajstić information content (AvgIpc) is 2.96. The maximum atomic E-state index is 13.3. The maximum absolute atomic E-state index is 13.3. The molecule has 1 heterocycles. The highest BCUT2D eigenvalue weighted by atomic mass is 35.5. The number of likely N-dealkylation sites (tertiary alicyclic amines) is 1. The van der Waals surface area contributed by atoms with Crippen molar-refractivity contribution in [3.05, 3.63) is 69.5 Å². The summed E-state index contributed by atoms with van der Waals surface area (Å²) >= 11 is 11.9. The molecular weight excluding hydrogens is 418 g/mol. The molecule has 0 aromatic heterocycles. The molecule has 0 bridgehead atoms. The Morgan fingerprint density at radius 3 is 2.62 bits per heavy atom. The van der Waals surface area contributed by atoms with E-state index >= 15 is 0 Å². The van der Waals surface area contributed by atoms with Gasteiger partial charge in [-0.05, 0) is 48.2 Å². The number of hydrogen-bond donors (Lipinski definition) is 1. The number of nitrogens with one attached hydrogen (secondary N) is 1. The molecule has 0 aliphatic carbocycles. The van der Waals surface area contributed by atoms with Gasteiger partial charge in [0.15, 0.2) is 0 Å². The maximum Gasteiger partial charge on any atom is 0.291 e. The molecule has 5 nitrogen and oxygen atoms in total. The topological polar surface area (TPSA) is 66.5 Å². The van der Waals surface area contributed by atoms with Crippen molar-refractivity contribution in [3.8, 4) is 0 Å². The van der Waals surface area contributed by atoms with Gasteiger partial charge >= 0.3 is 0 Å². The molecule has 152 valence electrons. The fourth-order valence-electron chi connectivity index (χ4n) is 3.21. The zero-order valence-corrected chi connectivity index (χ0v) is 17.0. The molecule has 2 amide bonds. The van der Waals surface area contributed by atoms with Crippen LogP contribution in [0.1, 0.15) is 17.5 Å². The standard InChI is InChI=1S/C21H19Cl2FN2O3/c22-17-7-6-13(10-18(17)23)4-2-8-25-20(28)16-12-26(21(29)19(16)27)11-14-3-1-5-15(24)9-14/h1,3,5-7,9-10,16H,2,4,8,11-12H2,(H,25,28). The highest BCUT2D eigenvalue weighted by Gasteiger charge is 2.42. The third-order valence-electron chi connectivity index (χ3n) is 4.72. The molecule has 3 rings (SSSR count). The number of halogens is 3. The molecule has 1 unspecified atom stereocenters. The van der Waals surface area contributed by atoms with Gasteiger partial charge in [-0.25, -0.2) is 4.39 Å². The van der Waals surface area contributed by atoms with Gasteiger partial charge in [0.1, 0.15) is 11.7 Å². The van der Waals surface area contributed by atoms with Crippen LogP contribution in [0.25, 0.3) is 0 Å². The number of carbonyl (C=O) groups is 3. The van der Waals surface area contributed by atoms with Crippen LogP contribution in [0.15, 0.2) is 42.5 Å². The molecule has 1 aliphatic heterocycles. The van der Waals surface area contributed by atoms with Gasteiger partial charge in [0, 0.05) is 19.6 Å². The summed E-state index contributed by atoms with van der Waals surface area (Å²) in [5, 5.41) is 3.66. The molecule has 0 spiro atoms. The Labute approximate surface area is 177 Å². The molecule has 1 atom stereocenters. The molecule has 2 aromatic carbocycles. The highest BCUT2D eigenvalue weighted by molar-refractivity contribution is 6.42. The minimum absolute atomic E-state index is 0.00714. The molecule has 29 heavy (non-hydrogen) atoms. The first-order chi connectivity index (χ1) is 13.8. The summed E-state index contributed by atoms with van der Waals surface area (Å²) in [6.45, 7) is 0.442. The molecule has 1 saturated heterocycles. The predicted octanol–water partition coefficient (Wildman–Crippen LogP) is 3.41.